The predicted molar refractivity (Wildman–Crippen MR) is 54.0 cm³/mol. The first-order valence-electron chi connectivity index (χ1n) is 4.52. The van der Waals surface area contributed by atoms with Gasteiger partial charge >= 0.3 is 0 Å². The van der Waals surface area contributed by atoms with Gasteiger partial charge in [0, 0.05) is 17.7 Å². The van der Waals surface area contributed by atoms with Crippen molar-refractivity contribution in [1.82, 2.24) is 4.98 Å². The fourth-order valence-electron chi connectivity index (χ4n) is 1.65. The molecule has 1 saturated carbocycles. The standard InChI is InChI=1S/C10H13ClN2/c1-7-2-3-8(9(11)13-7)10(6-12)4-5-10/h2-3H,4-6,12H2,1H3. The van der Waals surface area contributed by atoms with Crippen LogP contribution in [0, 0.1) is 6.92 Å². The van der Waals surface area contributed by atoms with E-state index in [0.29, 0.717) is 11.7 Å². The molecule has 0 unspecified atom stereocenters. The van der Waals surface area contributed by atoms with Crippen molar-refractivity contribution in [2.24, 2.45) is 5.73 Å². The third kappa shape index (κ3) is 1.45. The van der Waals surface area contributed by atoms with Crippen LogP contribution in [0.2, 0.25) is 5.15 Å². The number of aromatic nitrogens is 1. The van der Waals surface area contributed by atoms with Gasteiger partial charge in [-0.3, -0.25) is 0 Å². The minimum absolute atomic E-state index is 0.151. The lowest BCUT2D eigenvalue weighted by Gasteiger charge is -2.13. The van der Waals surface area contributed by atoms with Crippen LogP contribution >= 0.6 is 11.6 Å². The SMILES string of the molecule is Cc1ccc(C2(CN)CC2)c(Cl)n1. The van der Waals surface area contributed by atoms with Crippen LogP contribution in [-0.2, 0) is 5.41 Å². The second-order valence-electron chi connectivity index (χ2n) is 3.78. The van der Waals surface area contributed by atoms with Gasteiger partial charge in [0.1, 0.15) is 5.15 Å². The Kier molecular flexibility index (Phi) is 2.05. The van der Waals surface area contributed by atoms with Gasteiger partial charge in [0.25, 0.3) is 0 Å². The predicted octanol–water partition coefficient (Wildman–Crippen LogP) is 2.03. The van der Waals surface area contributed by atoms with Gasteiger partial charge in [-0.25, -0.2) is 4.98 Å². The van der Waals surface area contributed by atoms with Crippen LogP contribution in [0.1, 0.15) is 24.1 Å². The van der Waals surface area contributed by atoms with Gasteiger partial charge < -0.3 is 5.73 Å². The maximum atomic E-state index is 6.07. The molecule has 0 saturated heterocycles. The number of halogens is 1. The molecular weight excluding hydrogens is 184 g/mol. The Labute approximate surface area is 83.1 Å². The zero-order valence-electron chi connectivity index (χ0n) is 7.68. The van der Waals surface area contributed by atoms with Gasteiger partial charge in [0.15, 0.2) is 0 Å². The molecule has 1 aromatic rings. The van der Waals surface area contributed by atoms with Gasteiger partial charge in [0.2, 0.25) is 0 Å². The summed E-state index contributed by atoms with van der Waals surface area (Å²) in [5.41, 5.74) is 7.96. The highest BCUT2D eigenvalue weighted by Crippen LogP contribution is 2.49. The van der Waals surface area contributed by atoms with Gasteiger partial charge in [-0.05, 0) is 31.4 Å². The second kappa shape index (κ2) is 2.96. The number of rotatable bonds is 2. The molecule has 0 aliphatic heterocycles. The van der Waals surface area contributed by atoms with Crippen molar-refractivity contribution in [2.75, 3.05) is 6.54 Å². The van der Waals surface area contributed by atoms with Crippen molar-refractivity contribution >= 4 is 11.6 Å². The van der Waals surface area contributed by atoms with Crippen LogP contribution in [0.3, 0.4) is 0 Å². The second-order valence-corrected chi connectivity index (χ2v) is 4.13. The van der Waals surface area contributed by atoms with Crippen molar-refractivity contribution in [3.05, 3.63) is 28.5 Å². The topological polar surface area (TPSA) is 38.9 Å². The van der Waals surface area contributed by atoms with E-state index in [-0.39, 0.29) is 5.41 Å². The smallest absolute Gasteiger partial charge is 0.133 e. The Hall–Kier alpha value is -0.600. The maximum absolute atomic E-state index is 6.07. The Balaban J connectivity index is 2.41. The van der Waals surface area contributed by atoms with Crippen LogP contribution in [0.5, 0.6) is 0 Å². The van der Waals surface area contributed by atoms with Crippen molar-refractivity contribution in [3.63, 3.8) is 0 Å². The normalized spacial score (nSPS) is 18.7. The monoisotopic (exact) mass is 196 g/mol. The largest absolute Gasteiger partial charge is 0.330 e. The van der Waals surface area contributed by atoms with E-state index >= 15 is 0 Å². The fourth-order valence-corrected chi connectivity index (χ4v) is 2.05. The number of hydrogen-bond acceptors (Lipinski definition) is 2. The molecule has 70 valence electrons. The first-order valence-corrected chi connectivity index (χ1v) is 4.89. The number of nitrogens with two attached hydrogens (primary N) is 1. The Morgan fingerprint density at radius 1 is 1.54 bits per heavy atom. The van der Waals surface area contributed by atoms with Crippen LogP contribution in [0.25, 0.3) is 0 Å². The first kappa shape index (κ1) is 8.97. The average Bonchev–Trinajstić information content (AvgIpc) is 2.85. The lowest BCUT2D eigenvalue weighted by Crippen LogP contribution is -2.20. The summed E-state index contributed by atoms with van der Waals surface area (Å²) in [4.78, 5) is 4.24. The molecule has 1 aromatic heterocycles. The highest BCUT2D eigenvalue weighted by Gasteiger charge is 2.44. The summed E-state index contributed by atoms with van der Waals surface area (Å²) in [6.45, 7) is 2.62. The lowest BCUT2D eigenvalue weighted by molar-refractivity contribution is 0.700. The van der Waals surface area contributed by atoms with E-state index in [0.717, 1.165) is 24.1 Å². The Morgan fingerprint density at radius 3 is 2.69 bits per heavy atom. The first-order chi connectivity index (χ1) is 6.18. The summed E-state index contributed by atoms with van der Waals surface area (Å²) in [5.74, 6) is 0. The Morgan fingerprint density at radius 2 is 2.23 bits per heavy atom. The van der Waals surface area contributed by atoms with Crippen LogP contribution in [-0.4, -0.2) is 11.5 Å². The third-order valence-electron chi connectivity index (χ3n) is 2.80. The molecule has 1 heterocycles. The summed E-state index contributed by atoms with van der Waals surface area (Å²) in [6, 6.07) is 4.06. The van der Waals surface area contributed by atoms with Gasteiger partial charge in [-0.2, -0.15) is 0 Å². The minimum Gasteiger partial charge on any atom is -0.330 e. The van der Waals surface area contributed by atoms with Crippen LogP contribution < -0.4 is 5.73 Å². The van der Waals surface area contributed by atoms with E-state index in [9.17, 15) is 0 Å². The molecule has 1 aliphatic carbocycles. The molecule has 3 heteroatoms. The average molecular weight is 197 g/mol. The summed E-state index contributed by atoms with van der Waals surface area (Å²) in [7, 11) is 0. The van der Waals surface area contributed by atoms with Gasteiger partial charge in [-0.15, -0.1) is 0 Å². The van der Waals surface area contributed by atoms with Crippen LogP contribution in [0.4, 0.5) is 0 Å². The maximum Gasteiger partial charge on any atom is 0.133 e. The fraction of sp³-hybridized carbons (Fsp3) is 0.500. The summed E-state index contributed by atoms with van der Waals surface area (Å²) >= 11 is 6.07. The molecule has 0 atom stereocenters. The zero-order chi connectivity index (χ0) is 9.47. The van der Waals surface area contributed by atoms with Crippen molar-refractivity contribution in [3.8, 4) is 0 Å². The molecule has 13 heavy (non-hydrogen) atoms. The molecule has 0 aromatic carbocycles. The molecule has 1 aliphatic rings. The van der Waals surface area contributed by atoms with Gasteiger partial charge in [-0.1, -0.05) is 17.7 Å². The van der Waals surface area contributed by atoms with Crippen LogP contribution in [0.15, 0.2) is 12.1 Å². The molecular formula is C10H13ClN2. The van der Waals surface area contributed by atoms with Gasteiger partial charge in [0.05, 0.1) is 0 Å². The lowest BCUT2D eigenvalue weighted by atomic mass is 9.98. The molecule has 2 nitrogen and oxygen atoms in total. The minimum atomic E-state index is 0.151. The van der Waals surface area contributed by atoms with Crippen molar-refractivity contribution < 1.29 is 0 Å². The highest BCUT2D eigenvalue weighted by atomic mass is 35.5. The third-order valence-corrected chi connectivity index (χ3v) is 3.09. The molecule has 0 spiro atoms. The van der Waals surface area contributed by atoms with Crippen molar-refractivity contribution in [1.29, 1.82) is 0 Å². The van der Waals surface area contributed by atoms with Crippen molar-refractivity contribution in [2.45, 2.75) is 25.2 Å². The van der Waals surface area contributed by atoms with E-state index in [4.69, 9.17) is 17.3 Å². The molecule has 0 bridgehead atoms. The Bertz CT molecular complexity index is 332. The van der Waals surface area contributed by atoms with E-state index in [2.05, 4.69) is 11.1 Å². The van der Waals surface area contributed by atoms with E-state index in [1.54, 1.807) is 0 Å². The molecule has 0 radical (unpaired) electrons. The molecule has 0 amide bonds. The zero-order valence-corrected chi connectivity index (χ0v) is 8.43. The van der Waals surface area contributed by atoms with E-state index in [1.807, 2.05) is 13.0 Å². The number of nitrogens with zero attached hydrogens (tertiary/aromatic N) is 1. The number of pyridine rings is 1. The quantitative estimate of drug-likeness (QED) is 0.736. The van der Waals surface area contributed by atoms with E-state index < -0.39 is 0 Å². The molecule has 2 rings (SSSR count). The molecule has 2 N–H and O–H groups in total. The summed E-state index contributed by atoms with van der Waals surface area (Å²) in [5, 5.41) is 0.628. The highest BCUT2D eigenvalue weighted by molar-refractivity contribution is 6.30. The molecule has 1 fully saturated rings. The summed E-state index contributed by atoms with van der Waals surface area (Å²) < 4.78 is 0. The van der Waals surface area contributed by atoms with E-state index in [1.165, 1.54) is 0 Å². The summed E-state index contributed by atoms with van der Waals surface area (Å²) in [6.07, 6.45) is 2.29. The number of aryl methyl sites for hydroxylation is 1. The number of hydrogen-bond donors (Lipinski definition) is 1.